The molecule has 1 N–H and O–H groups in total. The summed E-state index contributed by atoms with van der Waals surface area (Å²) in [4.78, 5) is 15.1. The number of hydrogen-bond donors (Lipinski definition) is 1. The van der Waals surface area contributed by atoms with Crippen LogP contribution in [0.5, 0.6) is 5.75 Å². The standard InChI is InChI=1S/C17H23F3N2O2S/c1-22(2)12-7-5-6-11(12)21-16(23)15-13(24-3)8-10(17(18,19)20)9-14(15)25-4/h8-9,11-12H,5-7H2,1-4H3,(H,21,23). The molecule has 0 bridgehead atoms. The second-order valence-corrected chi connectivity index (χ2v) is 7.14. The van der Waals surface area contributed by atoms with E-state index in [-0.39, 0.29) is 28.3 Å². The van der Waals surface area contributed by atoms with Crippen LogP contribution in [-0.4, -0.2) is 50.4 Å². The maximum Gasteiger partial charge on any atom is 0.416 e. The SMILES string of the molecule is COc1cc(C(F)(F)F)cc(SC)c1C(=O)NC1CCCC1N(C)C. The Morgan fingerprint density at radius 1 is 1.32 bits per heavy atom. The molecule has 0 aromatic heterocycles. The van der Waals surface area contributed by atoms with Crippen LogP contribution in [0.3, 0.4) is 0 Å². The van der Waals surface area contributed by atoms with Gasteiger partial charge < -0.3 is 15.0 Å². The van der Waals surface area contributed by atoms with Crippen molar-refractivity contribution in [1.82, 2.24) is 10.2 Å². The van der Waals surface area contributed by atoms with Gasteiger partial charge in [-0.2, -0.15) is 13.2 Å². The molecule has 1 fully saturated rings. The Labute approximate surface area is 150 Å². The van der Waals surface area contributed by atoms with Gasteiger partial charge >= 0.3 is 6.18 Å². The monoisotopic (exact) mass is 376 g/mol. The quantitative estimate of drug-likeness (QED) is 0.797. The predicted octanol–water partition coefficient (Wildman–Crippen LogP) is 3.65. The minimum Gasteiger partial charge on any atom is -0.496 e. The number of methoxy groups -OCH3 is 1. The molecule has 140 valence electrons. The fraction of sp³-hybridized carbons (Fsp3) is 0.588. The van der Waals surface area contributed by atoms with E-state index in [4.69, 9.17) is 4.74 Å². The maximum atomic E-state index is 13.1. The number of halogens is 3. The fourth-order valence-electron chi connectivity index (χ4n) is 3.27. The summed E-state index contributed by atoms with van der Waals surface area (Å²) in [6, 6.07) is 2.08. The Balaban J connectivity index is 2.35. The first-order chi connectivity index (χ1) is 11.7. The molecule has 0 aliphatic heterocycles. The summed E-state index contributed by atoms with van der Waals surface area (Å²) >= 11 is 1.10. The average molecular weight is 376 g/mol. The van der Waals surface area contributed by atoms with E-state index in [1.807, 2.05) is 14.1 Å². The summed E-state index contributed by atoms with van der Waals surface area (Å²) in [6.07, 6.45) is -0.00488. The number of rotatable bonds is 5. The predicted molar refractivity (Wildman–Crippen MR) is 92.4 cm³/mol. The molecule has 0 spiro atoms. The summed E-state index contributed by atoms with van der Waals surface area (Å²) in [7, 11) is 5.19. The lowest BCUT2D eigenvalue weighted by Crippen LogP contribution is -2.46. The van der Waals surface area contributed by atoms with E-state index in [2.05, 4.69) is 10.2 Å². The van der Waals surface area contributed by atoms with Crippen molar-refractivity contribution in [3.8, 4) is 5.75 Å². The number of likely N-dealkylation sites (N-methyl/N-ethyl adjacent to an activating group) is 1. The number of alkyl halides is 3. The van der Waals surface area contributed by atoms with Crippen molar-refractivity contribution in [2.75, 3.05) is 27.5 Å². The van der Waals surface area contributed by atoms with Crippen LogP contribution in [0.25, 0.3) is 0 Å². The Hall–Kier alpha value is -1.41. The fourth-order valence-corrected chi connectivity index (χ4v) is 3.91. The Morgan fingerprint density at radius 2 is 2.00 bits per heavy atom. The maximum absolute atomic E-state index is 13.1. The van der Waals surface area contributed by atoms with Crippen molar-refractivity contribution in [3.63, 3.8) is 0 Å². The molecule has 0 heterocycles. The van der Waals surface area contributed by atoms with Gasteiger partial charge in [0.2, 0.25) is 0 Å². The zero-order chi connectivity index (χ0) is 18.8. The molecular weight excluding hydrogens is 353 g/mol. The molecule has 2 rings (SSSR count). The largest absolute Gasteiger partial charge is 0.496 e. The molecule has 0 radical (unpaired) electrons. The van der Waals surface area contributed by atoms with E-state index in [1.165, 1.54) is 7.11 Å². The summed E-state index contributed by atoms with van der Waals surface area (Å²) in [5.41, 5.74) is -0.662. The number of carbonyl (C=O) groups is 1. The highest BCUT2D eigenvalue weighted by Crippen LogP contribution is 2.38. The number of thioether (sulfide) groups is 1. The molecule has 2 unspecified atom stereocenters. The lowest BCUT2D eigenvalue weighted by atomic mass is 10.1. The van der Waals surface area contributed by atoms with E-state index in [9.17, 15) is 18.0 Å². The molecule has 1 amide bonds. The first kappa shape index (κ1) is 19.9. The number of benzene rings is 1. The van der Waals surface area contributed by atoms with Gasteiger partial charge in [-0.1, -0.05) is 0 Å². The summed E-state index contributed by atoms with van der Waals surface area (Å²) in [6.45, 7) is 0. The molecule has 1 aliphatic carbocycles. The smallest absolute Gasteiger partial charge is 0.416 e. The highest BCUT2D eigenvalue weighted by Gasteiger charge is 2.35. The van der Waals surface area contributed by atoms with Gasteiger partial charge in [0.05, 0.1) is 18.2 Å². The number of hydrogen-bond acceptors (Lipinski definition) is 4. The van der Waals surface area contributed by atoms with Crippen LogP contribution in [-0.2, 0) is 6.18 Å². The molecular formula is C17H23F3N2O2S. The van der Waals surface area contributed by atoms with Crippen molar-refractivity contribution in [2.45, 2.75) is 42.4 Å². The van der Waals surface area contributed by atoms with Crippen LogP contribution >= 0.6 is 11.8 Å². The minimum atomic E-state index is -4.49. The third-order valence-electron chi connectivity index (χ3n) is 4.52. The summed E-state index contributed by atoms with van der Waals surface area (Å²) in [5, 5.41) is 2.98. The molecule has 1 aliphatic rings. The molecule has 1 saturated carbocycles. The number of amides is 1. The van der Waals surface area contributed by atoms with E-state index in [1.54, 1.807) is 6.26 Å². The van der Waals surface area contributed by atoms with Crippen LogP contribution in [0, 0.1) is 0 Å². The lowest BCUT2D eigenvalue weighted by Gasteiger charge is -2.27. The third-order valence-corrected chi connectivity index (χ3v) is 5.28. The van der Waals surface area contributed by atoms with E-state index in [0.29, 0.717) is 0 Å². The highest BCUT2D eigenvalue weighted by molar-refractivity contribution is 7.98. The molecule has 8 heteroatoms. The van der Waals surface area contributed by atoms with Crippen molar-refractivity contribution in [3.05, 3.63) is 23.3 Å². The molecule has 25 heavy (non-hydrogen) atoms. The van der Waals surface area contributed by atoms with Gasteiger partial charge in [0.15, 0.2) is 0 Å². The van der Waals surface area contributed by atoms with Crippen LogP contribution < -0.4 is 10.1 Å². The van der Waals surface area contributed by atoms with Gasteiger partial charge in [-0.3, -0.25) is 4.79 Å². The van der Waals surface area contributed by atoms with E-state index < -0.39 is 17.6 Å². The normalized spacial score (nSPS) is 20.8. The first-order valence-electron chi connectivity index (χ1n) is 7.99. The van der Waals surface area contributed by atoms with Crippen molar-refractivity contribution >= 4 is 17.7 Å². The molecule has 4 nitrogen and oxygen atoms in total. The van der Waals surface area contributed by atoms with Crippen LogP contribution in [0.4, 0.5) is 13.2 Å². The van der Waals surface area contributed by atoms with Crippen molar-refractivity contribution in [1.29, 1.82) is 0 Å². The Bertz CT molecular complexity index is 610. The first-order valence-corrected chi connectivity index (χ1v) is 9.22. The third kappa shape index (κ3) is 4.41. The van der Waals surface area contributed by atoms with Gasteiger partial charge in [-0.15, -0.1) is 11.8 Å². The number of carbonyl (C=O) groups excluding carboxylic acids is 1. The van der Waals surface area contributed by atoms with Gasteiger partial charge in [0.1, 0.15) is 5.75 Å². The van der Waals surface area contributed by atoms with Crippen LogP contribution in [0.1, 0.15) is 35.2 Å². The average Bonchev–Trinajstić information content (AvgIpc) is 3.00. The zero-order valence-corrected chi connectivity index (χ0v) is 15.6. The highest BCUT2D eigenvalue weighted by atomic mass is 32.2. The lowest BCUT2D eigenvalue weighted by molar-refractivity contribution is -0.137. The molecule has 1 aromatic rings. The van der Waals surface area contributed by atoms with Gasteiger partial charge in [-0.05, 0) is 51.7 Å². The van der Waals surface area contributed by atoms with Gasteiger partial charge in [-0.25, -0.2) is 0 Å². The van der Waals surface area contributed by atoms with Crippen LogP contribution in [0.2, 0.25) is 0 Å². The second kappa shape index (κ2) is 7.86. The summed E-state index contributed by atoms with van der Waals surface area (Å²) < 4.78 is 44.2. The topological polar surface area (TPSA) is 41.6 Å². The van der Waals surface area contributed by atoms with Gasteiger partial charge in [0.25, 0.3) is 5.91 Å². The Kier molecular flexibility index (Phi) is 6.26. The van der Waals surface area contributed by atoms with Gasteiger partial charge in [0, 0.05) is 17.0 Å². The minimum absolute atomic E-state index is 0.0239. The number of ether oxygens (including phenoxy) is 1. The van der Waals surface area contributed by atoms with Crippen LogP contribution in [0.15, 0.2) is 17.0 Å². The number of nitrogens with zero attached hydrogens (tertiary/aromatic N) is 1. The Morgan fingerprint density at radius 3 is 2.52 bits per heavy atom. The van der Waals surface area contributed by atoms with Crippen molar-refractivity contribution in [2.24, 2.45) is 0 Å². The molecule has 0 saturated heterocycles. The van der Waals surface area contributed by atoms with E-state index in [0.717, 1.165) is 43.2 Å². The number of nitrogens with one attached hydrogen (secondary N) is 1. The van der Waals surface area contributed by atoms with Crippen molar-refractivity contribution < 1.29 is 22.7 Å². The molecule has 2 atom stereocenters. The zero-order valence-electron chi connectivity index (χ0n) is 14.7. The molecule has 1 aromatic carbocycles. The summed E-state index contributed by atoms with van der Waals surface area (Å²) in [5.74, 6) is -0.454. The van der Waals surface area contributed by atoms with E-state index >= 15 is 0 Å². The second-order valence-electron chi connectivity index (χ2n) is 6.30.